The molecule has 1 atom stereocenters. The highest BCUT2D eigenvalue weighted by Gasteiger charge is 2.29. The van der Waals surface area contributed by atoms with Crippen LogP contribution in [0.3, 0.4) is 0 Å². The highest BCUT2D eigenvalue weighted by molar-refractivity contribution is 9.10. The van der Waals surface area contributed by atoms with Crippen LogP contribution in [0.15, 0.2) is 53.0 Å². The second-order valence-corrected chi connectivity index (χ2v) is 7.91. The Morgan fingerprint density at radius 1 is 1.29 bits per heavy atom. The molecule has 0 bridgehead atoms. The van der Waals surface area contributed by atoms with Gasteiger partial charge in [-0.05, 0) is 33.1 Å². The summed E-state index contributed by atoms with van der Waals surface area (Å²) in [6, 6.07) is 9.56. The lowest BCUT2D eigenvalue weighted by Gasteiger charge is -2.26. The summed E-state index contributed by atoms with van der Waals surface area (Å²) in [6.07, 6.45) is 5.28. The maximum absolute atomic E-state index is 11.5. The number of aliphatic hydroxyl groups is 2. The first kappa shape index (κ1) is 20.8. The van der Waals surface area contributed by atoms with Crippen molar-refractivity contribution in [1.29, 1.82) is 0 Å². The average Bonchev–Trinajstić information content (AvgIpc) is 3.03. The molecule has 0 radical (unpaired) electrons. The number of carboxylic acid groups (broad SMARTS) is 1. The van der Waals surface area contributed by atoms with Crippen LogP contribution in [-0.2, 0) is 11.3 Å². The number of rotatable bonds is 8. The molecular formula is C20H19BrO6S. The van der Waals surface area contributed by atoms with Crippen LogP contribution in [-0.4, -0.2) is 40.3 Å². The number of aromatic carboxylic acids is 1. The molecular weight excluding hydrogens is 448 g/mol. The van der Waals surface area contributed by atoms with E-state index in [9.17, 15) is 15.0 Å². The van der Waals surface area contributed by atoms with Crippen LogP contribution >= 0.6 is 27.3 Å². The van der Waals surface area contributed by atoms with Gasteiger partial charge < -0.3 is 24.8 Å². The fraction of sp³-hybridized carbons (Fsp3) is 0.250. The van der Waals surface area contributed by atoms with E-state index in [0.29, 0.717) is 9.35 Å². The second kappa shape index (κ2) is 9.02. The van der Waals surface area contributed by atoms with Gasteiger partial charge in [-0.1, -0.05) is 42.5 Å². The van der Waals surface area contributed by atoms with Gasteiger partial charge in [-0.3, -0.25) is 0 Å². The van der Waals surface area contributed by atoms with E-state index in [-0.39, 0.29) is 36.9 Å². The van der Waals surface area contributed by atoms with Crippen LogP contribution in [0.1, 0.15) is 26.5 Å². The van der Waals surface area contributed by atoms with Gasteiger partial charge in [-0.25, -0.2) is 4.79 Å². The number of hydrogen-bond donors (Lipinski definition) is 3. The second-order valence-electron chi connectivity index (χ2n) is 6.10. The Bertz CT molecular complexity index is 905. The Labute approximate surface area is 174 Å². The number of ether oxygens (including phenoxy) is 2. The molecule has 148 valence electrons. The summed E-state index contributed by atoms with van der Waals surface area (Å²) in [6.45, 7) is 0.0535. The standard InChI is InChI=1S/C20H19BrO6S/c21-15-16(26-11-10-22)18(19(23)24)28-17(15)14-6-8-20(25,9-7-14)27-12-13-4-2-1-3-5-13/h1-8,22,25H,9-12H2,(H,23,24). The summed E-state index contributed by atoms with van der Waals surface area (Å²) >= 11 is 4.46. The normalized spacial score (nSPS) is 18.8. The van der Waals surface area contributed by atoms with Crippen molar-refractivity contribution >= 4 is 38.8 Å². The molecule has 1 heterocycles. The largest absolute Gasteiger partial charge is 0.488 e. The molecule has 0 saturated carbocycles. The summed E-state index contributed by atoms with van der Waals surface area (Å²) in [5.41, 5.74) is 1.71. The molecule has 1 aromatic carbocycles. The Morgan fingerprint density at radius 3 is 2.64 bits per heavy atom. The van der Waals surface area contributed by atoms with Crippen LogP contribution in [0.4, 0.5) is 0 Å². The number of aliphatic hydroxyl groups excluding tert-OH is 1. The van der Waals surface area contributed by atoms with Crippen molar-refractivity contribution in [2.75, 3.05) is 13.2 Å². The molecule has 0 fully saturated rings. The molecule has 1 aromatic heterocycles. The quantitative estimate of drug-likeness (QED) is 0.511. The van der Waals surface area contributed by atoms with Gasteiger partial charge in [0.1, 0.15) is 6.61 Å². The van der Waals surface area contributed by atoms with Crippen molar-refractivity contribution < 1.29 is 29.6 Å². The van der Waals surface area contributed by atoms with E-state index in [4.69, 9.17) is 14.6 Å². The first-order valence-corrected chi connectivity index (χ1v) is 10.1. The number of halogens is 1. The molecule has 1 unspecified atom stereocenters. The molecule has 2 aromatic rings. The number of carbonyl (C=O) groups is 1. The molecule has 0 aliphatic heterocycles. The number of benzene rings is 1. The fourth-order valence-corrected chi connectivity index (χ4v) is 4.58. The zero-order valence-corrected chi connectivity index (χ0v) is 17.2. The molecule has 3 rings (SSSR count). The third-order valence-corrected chi connectivity index (χ3v) is 6.30. The van der Waals surface area contributed by atoms with Gasteiger partial charge in [0.15, 0.2) is 16.4 Å². The summed E-state index contributed by atoms with van der Waals surface area (Å²) in [4.78, 5) is 12.2. The molecule has 1 aliphatic carbocycles. The number of thiophene rings is 1. The Kier molecular flexibility index (Phi) is 6.69. The zero-order chi connectivity index (χ0) is 20.1. The SMILES string of the molecule is O=C(O)c1sc(C2=CCC(O)(OCc3ccccc3)C=C2)c(Br)c1OCCO. The molecule has 0 amide bonds. The van der Waals surface area contributed by atoms with E-state index >= 15 is 0 Å². The maximum atomic E-state index is 11.5. The summed E-state index contributed by atoms with van der Waals surface area (Å²) in [5, 5.41) is 29.0. The third kappa shape index (κ3) is 4.71. The van der Waals surface area contributed by atoms with Crippen molar-refractivity contribution in [3.8, 4) is 5.75 Å². The molecule has 28 heavy (non-hydrogen) atoms. The van der Waals surface area contributed by atoms with Gasteiger partial charge >= 0.3 is 5.97 Å². The lowest BCUT2D eigenvalue weighted by Crippen LogP contribution is -2.30. The fourth-order valence-electron chi connectivity index (χ4n) is 2.67. The minimum absolute atomic E-state index is 0.00296. The van der Waals surface area contributed by atoms with E-state index < -0.39 is 11.8 Å². The minimum atomic E-state index is -1.42. The average molecular weight is 467 g/mol. The monoisotopic (exact) mass is 466 g/mol. The van der Waals surface area contributed by atoms with Gasteiger partial charge in [0.25, 0.3) is 0 Å². The molecule has 1 aliphatic rings. The Hall–Kier alpha value is -1.97. The maximum Gasteiger partial charge on any atom is 0.349 e. The van der Waals surface area contributed by atoms with Crippen molar-refractivity contribution in [3.05, 3.63) is 68.4 Å². The smallest absolute Gasteiger partial charge is 0.349 e. The summed E-state index contributed by atoms with van der Waals surface area (Å²) < 4.78 is 11.6. The van der Waals surface area contributed by atoms with Gasteiger partial charge in [-0.2, -0.15) is 0 Å². The molecule has 0 spiro atoms. The topological polar surface area (TPSA) is 96.2 Å². The van der Waals surface area contributed by atoms with E-state index in [2.05, 4.69) is 15.9 Å². The van der Waals surface area contributed by atoms with Gasteiger partial charge in [-0.15, -0.1) is 11.3 Å². The zero-order valence-electron chi connectivity index (χ0n) is 14.8. The summed E-state index contributed by atoms with van der Waals surface area (Å²) in [7, 11) is 0. The first-order chi connectivity index (χ1) is 13.4. The highest BCUT2D eigenvalue weighted by Crippen LogP contribution is 2.45. The Balaban J connectivity index is 1.76. The molecule has 0 saturated heterocycles. The number of hydrogen-bond acceptors (Lipinski definition) is 6. The lowest BCUT2D eigenvalue weighted by atomic mass is 10.0. The predicted octanol–water partition coefficient (Wildman–Crippen LogP) is 3.83. The van der Waals surface area contributed by atoms with Crippen molar-refractivity contribution in [2.24, 2.45) is 0 Å². The molecule has 6 nitrogen and oxygen atoms in total. The van der Waals surface area contributed by atoms with E-state index in [1.165, 1.54) is 0 Å². The van der Waals surface area contributed by atoms with Crippen LogP contribution in [0.5, 0.6) is 5.75 Å². The van der Waals surface area contributed by atoms with Crippen LogP contribution in [0, 0.1) is 0 Å². The van der Waals surface area contributed by atoms with Crippen LogP contribution in [0.25, 0.3) is 5.57 Å². The minimum Gasteiger partial charge on any atom is -0.488 e. The lowest BCUT2D eigenvalue weighted by molar-refractivity contribution is -0.172. The van der Waals surface area contributed by atoms with E-state index in [1.807, 2.05) is 30.3 Å². The van der Waals surface area contributed by atoms with E-state index in [0.717, 1.165) is 22.5 Å². The Morgan fingerprint density at radius 2 is 2.04 bits per heavy atom. The van der Waals surface area contributed by atoms with Crippen LogP contribution < -0.4 is 4.74 Å². The molecule has 3 N–H and O–H groups in total. The van der Waals surface area contributed by atoms with Gasteiger partial charge in [0.05, 0.1) is 22.6 Å². The first-order valence-electron chi connectivity index (χ1n) is 8.53. The van der Waals surface area contributed by atoms with Gasteiger partial charge in [0.2, 0.25) is 0 Å². The summed E-state index contributed by atoms with van der Waals surface area (Å²) in [5.74, 6) is -2.33. The van der Waals surface area contributed by atoms with Crippen molar-refractivity contribution in [2.45, 2.75) is 18.8 Å². The molecule has 8 heteroatoms. The van der Waals surface area contributed by atoms with Crippen molar-refractivity contribution in [1.82, 2.24) is 0 Å². The number of carboxylic acids is 1. The highest BCUT2D eigenvalue weighted by atomic mass is 79.9. The predicted molar refractivity (Wildman–Crippen MR) is 109 cm³/mol. The van der Waals surface area contributed by atoms with Crippen LogP contribution in [0.2, 0.25) is 0 Å². The van der Waals surface area contributed by atoms with E-state index in [1.54, 1.807) is 18.2 Å². The van der Waals surface area contributed by atoms with Gasteiger partial charge in [0, 0.05) is 6.42 Å². The number of allylic oxidation sites excluding steroid dienone is 2. The third-order valence-electron chi connectivity index (χ3n) is 4.07. The van der Waals surface area contributed by atoms with Crippen molar-refractivity contribution in [3.63, 3.8) is 0 Å².